The van der Waals surface area contributed by atoms with Crippen molar-refractivity contribution in [2.75, 3.05) is 19.7 Å². The van der Waals surface area contributed by atoms with E-state index >= 15 is 0 Å². The number of nitrogens with zero attached hydrogens (tertiary/aromatic N) is 3. The summed E-state index contributed by atoms with van der Waals surface area (Å²) < 4.78 is 33.2. The van der Waals surface area contributed by atoms with Crippen LogP contribution in [-0.2, 0) is 16.0 Å². The Hall–Kier alpha value is -2.75. The van der Waals surface area contributed by atoms with Gasteiger partial charge in [-0.05, 0) is 64.9 Å². The van der Waals surface area contributed by atoms with E-state index in [-0.39, 0.29) is 50.9 Å². The van der Waals surface area contributed by atoms with Gasteiger partial charge in [0.15, 0.2) is 0 Å². The number of halogens is 2. The van der Waals surface area contributed by atoms with Gasteiger partial charge in [0.05, 0.1) is 24.1 Å². The highest BCUT2D eigenvalue weighted by atomic mass is 19.3. The van der Waals surface area contributed by atoms with Crippen molar-refractivity contribution in [1.29, 1.82) is 5.26 Å². The molecule has 226 valence electrons. The summed E-state index contributed by atoms with van der Waals surface area (Å²) in [6, 6.07) is 11.0. The van der Waals surface area contributed by atoms with E-state index < -0.39 is 42.1 Å². The van der Waals surface area contributed by atoms with Crippen molar-refractivity contribution in [2.45, 2.75) is 102 Å². The fraction of sp³-hybridized carbons (Fsp3) is 0.690. The van der Waals surface area contributed by atoms with Crippen LogP contribution in [0.5, 0.6) is 0 Å². The van der Waals surface area contributed by atoms with E-state index in [1.165, 1.54) is 0 Å². The van der Waals surface area contributed by atoms with Crippen molar-refractivity contribution in [3.63, 3.8) is 0 Å². The quantitative estimate of drug-likeness (QED) is 0.325. The minimum atomic E-state index is -2.73. The predicted octanol–water partition coefficient (Wildman–Crippen LogP) is 3.54. The molecule has 9 nitrogen and oxygen atoms in total. The molecule has 2 fully saturated rings. The number of nitrogens with one attached hydrogen (secondary N) is 1. The molecule has 41 heavy (non-hydrogen) atoms. The number of alkyl halides is 2. The second-order valence-corrected chi connectivity index (χ2v) is 12.2. The number of benzene rings is 1. The van der Waals surface area contributed by atoms with Crippen LogP contribution in [0.2, 0.25) is 0 Å². The Morgan fingerprint density at radius 2 is 1.95 bits per heavy atom. The Balaban J connectivity index is 1.64. The maximum absolute atomic E-state index is 13.8. The molecule has 2 amide bonds. The Kier molecular flexibility index (Phi) is 10.8. The van der Waals surface area contributed by atoms with E-state index in [1.807, 2.05) is 58.0 Å². The second-order valence-electron chi connectivity index (χ2n) is 12.2. The van der Waals surface area contributed by atoms with Crippen molar-refractivity contribution < 1.29 is 33.2 Å². The van der Waals surface area contributed by atoms with Crippen LogP contribution in [0.1, 0.15) is 71.8 Å². The van der Waals surface area contributed by atoms with Crippen LogP contribution < -0.4 is 5.32 Å². The Bertz CT molecular complexity index is 1090. The SMILES string of the molecule is CCC1(COC(=O)N[C@@H](Cc2ccccc2)B(O)O)CCC(C)N1C(=O)C(C#N)CCC(C)(C)N1CCC(F)(F)C1. The van der Waals surface area contributed by atoms with E-state index in [1.54, 1.807) is 9.80 Å². The lowest BCUT2D eigenvalue weighted by molar-refractivity contribution is -0.142. The average molecular weight is 576 g/mol. The molecule has 3 unspecified atom stereocenters. The Labute approximate surface area is 242 Å². The molecule has 0 saturated carbocycles. The van der Waals surface area contributed by atoms with Gasteiger partial charge in [-0.2, -0.15) is 5.26 Å². The fourth-order valence-electron chi connectivity index (χ4n) is 6.05. The standard InChI is InChI=1S/C29H43BF2N4O5/c1-5-28(20-41-26(38)34-24(30(39)40)17-22-9-7-6-8-10-22)14-11-21(2)36(28)25(37)23(18-33)12-13-27(3,4)35-16-15-29(31,32)19-35/h6-10,21,23-24,39-40H,5,11-17,19-20H2,1-4H3,(H,34,38)/t21?,23?,24-,28?/m0/s1. The lowest BCUT2D eigenvalue weighted by atomic mass is 9.76. The smallest absolute Gasteiger partial charge is 0.447 e. The molecule has 0 radical (unpaired) electrons. The van der Waals surface area contributed by atoms with Gasteiger partial charge < -0.3 is 25.0 Å². The zero-order valence-electron chi connectivity index (χ0n) is 24.5. The first-order chi connectivity index (χ1) is 19.2. The summed E-state index contributed by atoms with van der Waals surface area (Å²) >= 11 is 0. The molecule has 1 aromatic rings. The van der Waals surface area contributed by atoms with E-state index in [9.17, 15) is 33.7 Å². The van der Waals surface area contributed by atoms with E-state index in [0.29, 0.717) is 25.7 Å². The van der Waals surface area contributed by atoms with Crippen LogP contribution in [-0.4, -0.2) is 87.6 Å². The summed E-state index contributed by atoms with van der Waals surface area (Å²) in [4.78, 5) is 29.9. The first-order valence-electron chi connectivity index (χ1n) is 14.4. The van der Waals surface area contributed by atoms with Gasteiger partial charge in [-0.15, -0.1) is 0 Å². The number of ether oxygens (including phenoxy) is 1. The van der Waals surface area contributed by atoms with Crippen LogP contribution in [0.3, 0.4) is 0 Å². The normalized spacial score (nSPS) is 24.0. The van der Waals surface area contributed by atoms with Crippen LogP contribution in [0.4, 0.5) is 13.6 Å². The highest BCUT2D eigenvalue weighted by Crippen LogP contribution is 2.39. The number of rotatable bonds is 12. The van der Waals surface area contributed by atoms with Crippen LogP contribution in [0.15, 0.2) is 30.3 Å². The molecule has 3 rings (SSSR count). The molecule has 1 aromatic carbocycles. The first kappa shape index (κ1) is 32.8. The number of likely N-dealkylation sites (tertiary alicyclic amines) is 2. The molecule has 2 aliphatic rings. The van der Waals surface area contributed by atoms with Gasteiger partial charge in [0.1, 0.15) is 12.5 Å². The van der Waals surface area contributed by atoms with Gasteiger partial charge in [-0.25, -0.2) is 13.6 Å². The number of amides is 2. The van der Waals surface area contributed by atoms with Crippen molar-refractivity contribution in [1.82, 2.24) is 15.1 Å². The fourth-order valence-corrected chi connectivity index (χ4v) is 6.05. The summed E-state index contributed by atoms with van der Waals surface area (Å²) in [6.07, 6.45) is 1.51. The number of hydrogen-bond donors (Lipinski definition) is 3. The number of hydrogen-bond acceptors (Lipinski definition) is 7. The highest BCUT2D eigenvalue weighted by molar-refractivity contribution is 6.43. The molecule has 12 heteroatoms. The van der Waals surface area contributed by atoms with Gasteiger partial charge in [0.2, 0.25) is 5.91 Å². The molecule has 0 aromatic heterocycles. The highest BCUT2D eigenvalue weighted by Gasteiger charge is 2.49. The van der Waals surface area contributed by atoms with Crippen molar-refractivity contribution in [3.8, 4) is 6.07 Å². The van der Waals surface area contributed by atoms with Gasteiger partial charge in [0, 0.05) is 24.5 Å². The number of carbonyl (C=O) groups excluding carboxylic acids is 2. The topological polar surface area (TPSA) is 126 Å². The molecule has 2 aliphatic heterocycles. The molecule has 3 N–H and O–H groups in total. The summed E-state index contributed by atoms with van der Waals surface area (Å²) in [5.41, 5.74) is -0.605. The Morgan fingerprint density at radius 1 is 1.27 bits per heavy atom. The summed E-state index contributed by atoms with van der Waals surface area (Å²) in [5, 5.41) is 32.1. The minimum absolute atomic E-state index is 0.114. The largest absolute Gasteiger partial charge is 0.475 e. The lowest BCUT2D eigenvalue weighted by Crippen LogP contribution is -2.55. The van der Waals surface area contributed by atoms with E-state index in [4.69, 9.17) is 4.74 Å². The van der Waals surface area contributed by atoms with Crippen LogP contribution in [0, 0.1) is 17.2 Å². The van der Waals surface area contributed by atoms with Gasteiger partial charge in [-0.3, -0.25) is 9.69 Å². The number of nitriles is 1. The van der Waals surface area contributed by atoms with Crippen molar-refractivity contribution in [3.05, 3.63) is 35.9 Å². The van der Waals surface area contributed by atoms with Crippen molar-refractivity contribution in [2.24, 2.45) is 5.92 Å². The maximum atomic E-state index is 13.8. The van der Waals surface area contributed by atoms with E-state index in [2.05, 4.69) is 11.4 Å². The minimum Gasteiger partial charge on any atom is -0.447 e. The second kappa shape index (κ2) is 13.5. The third-order valence-electron chi connectivity index (χ3n) is 8.83. The molecule has 0 bridgehead atoms. The van der Waals surface area contributed by atoms with Crippen LogP contribution in [0.25, 0.3) is 0 Å². The van der Waals surface area contributed by atoms with Crippen molar-refractivity contribution >= 4 is 19.1 Å². The number of alkyl carbamates (subject to hydrolysis) is 1. The van der Waals surface area contributed by atoms with Gasteiger partial charge in [0.25, 0.3) is 5.92 Å². The predicted molar refractivity (Wildman–Crippen MR) is 151 cm³/mol. The zero-order valence-corrected chi connectivity index (χ0v) is 24.5. The zero-order chi connectivity index (χ0) is 30.4. The summed E-state index contributed by atoms with van der Waals surface area (Å²) in [5.74, 6) is -5.03. The molecular weight excluding hydrogens is 533 g/mol. The number of carbonyl (C=O) groups is 2. The first-order valence-corrected chi connectivity index (χ1v) is 14.4. The molecule has 2 heterocycles. The third-order valence-corrected chi connectivity index (χ3v) is 8.83. The van der Waals surface area contributed by atoms with E-state index in [0.717, 1.165) is 5.56 Å². The molecule has 0 aliphatic carbocycles. The van der Waals surface area contributed by atoms with Crippen LogP contribution >= 0.6 is 0 Å². The lowest BCUT2D eigenvalue weighted by Gasteiger charge is -2.41. The summed E-state index contributed by atoms with van der Waals surface area (Å²) in [7, 11) is -1.81. The molecule has 2 saturated heterocycles. The molecule has 4 atom stereocenters. The summed E-state index contributed by atoms with van der Waals surface area (Å²) in [6.45, 7) is 7.35. The van der Waals surface area contributed by atoms with Gasteiger partial charge >= 0.3 is 13.2 Å². The molecule has 0 spiro atoms. The molecular formula is C29H43BF2N4O5. The Morgan fingerprint density at radius 3 is 2.51 bits per heavy atom. The third kappa shape index (κ3) is 8.18. The average Bonchev–Trinajstić information content (AvgIpc) is 3.47. The monoisotopic (exact) mass is 576 g/mol. The maximum Gasteiger partial charge on any atom is 0.475 e. The van der Waals surface area contributed by atoms with Gasteiger partial charge in [-0.1, -0.05) is 37.3 Å².